The molecule has 1 unspecified atom stereocenters. The standard InChI is InChI=1S/C57H80N14O18S2.2Gd/c1-30(2)20-42(63-46(78)25-59-45(77)24-60-48(80)27-70(69-34(6)74)19-17-58-33(5)73)57(89)71-18-7-8-44(71)55(87)67-43-29-91-90-28-31(3)62-56(88)50(32(4)72)68-47(79)26-61-51(83)39(21-35-9-13-37(75)14-10-35)64-52(84)40(22-36-11-15-38(76)16-12-36)65-53(85)41(23-49(81)82)66-54(43)86;;/h9-16,30-32,39-44,50,72,75-76H,5-8,17-29H2,1-4H3,(H,58,73)(H,59,77)(H,60,80)(H,61,83)(H,62,88)(H,63,78)(H,64,84)(H,65,85)(H,66,86)(H,67,87)(H,68,79)(H,69,74)(H,81,82);;/q-2;;/t31-,32?,39+,40+,41+,42+,43+,44+,50+;;/m1../s1. The van der Waals surface area contributed by atoms with Gasteiger partial charge in [0.25, 0.3) is 0 Å². The number of nitrogens with one attached hydrogen (secondary N) is 12. The number of hydrogen-bond acceptors (Lipinski definition) is 20. The number of carboxylic acid groups (broad SMARTS) is 1. The van der Waals surface area contributed by atoms with E-state index in [9.17, 15) is 87.5 Å². The molecule has 2 saturated heterocycles. The molecule has 2 aromatic rings. The Kier molecular flexibility index (Phi) is 37.5. The van der Waals surface area contributed by atoms with Gasteiger partial charge in [0.15, 0.2) is 0 Å². The number of phenols is 2. The summed E-state index contributed by atoms with van der Waals surface area (Å²) in [5.74, 6) is -13.5. The van der Waals surface area contributed by atoms with Gasteiger partial charge in [-0.05, 0) is 74.4 Å². The number of carbonyl (C=O) groups is 14. The van der Waals surface area contributed by atoms with Crippen molar-refractivity contribution in [2.45, 2.75) is 121 Å². The van der Waals surface area contributed by atoms with Crippen LogP contribution in [0.15, 0.2) is 48.5 Å². The molecule has 93 heavy (non-hydrogen) atoms. The SMILES string of the molecule is [CH2-]C(=O)NCCN(CC(=O)NCC(=O)NCC(=O)N[C@@H](CC(C)C)C(=O)N1CCC[C@H]1C(=O)N[C@H]1CSSC[C@@H](C)NC(=O)[C@H](C(C)O)NC(=O)CNC(=O)[C@H](Cc2ccc(O)cc2)NC(=O)[C@H](Cc2ccc(O)cc2)NC(=O)[C@H](CC(=O)O)NC1=O)NC([CH2-])=O.[Gd].[Gd]. The van der Waals surface area contributed by atoms with Gasteiger partial charge in [-0.2, -0.15) is 0 Å². The third kappa shape index (κ3) is 30.7. The molecule has 36 heteroatoms. The molecule has 0 saturated carbocycles. The first-order valence-corrected chi connectivity index (χ1v) is 31.4. The molecule has 2 heterocycles. The van der Waals surface area contributed by atoms with Crippen LogP contribution in [0, 0.1) is 99.6 Å². The van der Waals surface area contributed by atoms with Crippen LogP contribution in [0.1, 0.15) is 64.5 Å². The van der Waals surface area contributed by atoms with Gasteiger partial charge in [0.1, 0.15) is 53.8 Å². The van der Waals surface area contributed by atoms with Crippen LogP contribution in [-0.2, 0) is 80.0 Å². The number of phenolic OH excluding ortho intramolecular Hbond substituents is 2. The summed E-state index contributed by atoms with van der Waals surface area (Å²) in [5, 5.41) is 68.9. The predicted molar refractivity (Wildman–Crippen MR) is 328 cm³/mol. The van der Waals surface area contributed by atoms with E-state index in [0.29, 0.717) is 11.1 Å². The average Bonchev–Trinajstić information content (AvgIpc) is 1.86. The third-order valence-corrected chi connectivity index (χ3v) is 16.2. The fourth-order valence-electron chi connectivity index (χ4n) is 9.14. The topological polar surface area (TPSA) is 471 Å². The van der Waals surface area contributed by atoms with E-state index in [0.717, 1.165) is 26.6 Å². The molecule has 0 aromatic heterocycles. The number of benzene rings is 2. The quantitative estimate of drug-likeness (QED) is 0.0282. The molecule has 2 fully saturated rings. The number of rotatable bonds is 23. The molecule has 13 amide bonds. The summed E-state index contributed by atoms with van der Waals surface area (Å²) < 4.78 is 0. The van der Waals surface area contributed by atoms with E-state index < -0.39 is 170 Å². The number of amides is 13. The number of aliphatic hydroxyl groups excluding tert-OH is 1. The van der Waals surface area contributed by atoms with Crippen molar-refractivity contribution in [3.05, 3.63) is 73.5 Å². The minimum Gasteiger partial charge on any atom is -0.508 e. The second-order valence-corrected chi connectivity index (χ2v) is 24.4. The first-order valence-electron chi connectivity index (χ1n) is 28.9. The molecular weight excluding hydrogens is 1550 g/mol. The third-order valence-electron chi connectivity index (χ3n) is 13.6. The molecule has 2 aliphatic rings. The first-order chi connectivity index (χ1) is 43.0. The number of hydrogen-bond donors (Lipinski definition) is 16. The fourth-order valence-corrected chi connectivity index (χ4v) is 11.6. The molecule has 0 aliphatic carbocycles. The second-order valence-electron chi connectivity index (χ2n) is 21.9. The Labute approximate surface area is 608 Å². The van der Waals surface area contributed by atoms with E-state index in [1.165, 1.54) is 60.4 Å². The Morgan fingerprint density at radius 1 is 0.688 bits per heavy atom. The van der Waals surface area contributed by atoms with Crippen molar-refractivity contribution >= 4 is 104 Å². The Morgan fingerprint density at radius 2 is 1.24 bits per heavy atom. The van der Waals surface area contributed by atoms with Gasteiger partial charge < -0.3 is 113 Å². The predicted octanol–water partition coefficient (Wildman–Crippen LogP) is -4.95. The van der Waals surface area contributed by atoms with Crippen LogP contribution in [0.2, 0.25) is 0 Å². The number of likely N-dealkylation sites (tertiary alicyclic amines) is 1. The van der Waals surface area contributed by atoms with E-state index in [-0.39, 0.29) is 161 Å². The van der Waals surface area contributed by atoms with Crippen molar-refractivity contribution in [1.82, 2.24) is 73.8 Å². The van der Waals surface area contributed by atoms with Crippen molar-refractivity contribution in [2.75, 3.05) is 57.3 Å². The number of nitrogens with zero attached hydrogens (tertiary/aromatic N) is 2. The largest absolute Gasteiger partial charge is 0.508 e. The van der Waals surface area contributed by atoms with E-state index >= 15 is 0 Å². The zero-order valence-electron chi connectivity index (χ0n) is 51.3. The average molecular weight is 1630 g/mol. The van der Waals surface area contributed by atoms with Crippen LogP contribution in [0.4, 0.5) is 0 Å². The number of aromatic hydroxyl groups is 2. The number of hydrazine groups is 1. The molecule has 2 aromatic carbocycles. The zero-order chi connectivity index (χ0) is 67.5. The van der Waals surface area contributed by atoms with E-state index in [2.05, 4.69) is 77.8 Å². The van der Waals surface area contributed by atoms with Gasteiger partial charge in [-0.15, -0.1) is 0 Å². The normalized spacial score (nSPS) is 20.9. The van der Waals surface area contributed by atoms with Crippen molar-refractivity contribution in [2.24, 2.45) is 5.92 Å². The van der Waals surface area contributed by atoms with Crippen LogP contribution in [0.25, 0.3) is 0 Å². The van der Waals surface area contributed by atoms with Crippen LogP contribution in [0.3, 0.4) is 0 Å². The number of aliphatic carboxylic acids is 1. The number of aliphatic hydroxyl groups is 1. The Bertz CT molecular complexity index is 2940. The van der Waals surface area contributed by atoms with Crippen molar-refractivity contribution in [3.63, 3.8) is 0 Å². The summed E-state index contributed by atoms with van der Waals surface area (Å²) in [4.78, 5) is 188. The Hall–Kier alpha value is -6.37. The van der Waals surface area contributed by atoms with Gasteiger partial charge in [-0.25, -0.2) is 5.01 Å². The maximum absolute atomic E-state index is 14.5. The van der Waals surface area contributed by atoms with Crippen molar-refractivity contribution in [1.29, 1.82) is 0 Å². The maximum atomic E-state index is 14.5. The fraction of sp³-hybridized carbons (Fsp3) is 0.509. The smallest absolute Gasteiger partial charge is 0.305 e. The number of carboxylic acids is 1. The minimum absolute atomic E-state index is 0. The van der Waals surface area contributed by atoms with Gasteiger partial charge in [-0.3, -0.25) is 57.5 Å². The first kappa shape index (κ1) is 82.7. The monoisotopic (exact) mass is 1630 g/mol. The van der Waals surface area contributed by atoms with Crippen LogP contribution >= 0.6 is 21.6 Å². The summed E-state index contributed by atoms with van der Waals surface area (Å²) >= 11 is 0. The van der Waals surface area contributed by atoms with Crippen molar-refractivity contribution < 1.29 is 167 Å². The zero-order valence-corrected chi connectivity index (χ0v) is 57.5. The van der Waals surface area contributed by atoms with Crippen LogP contribution in [-0.4, -0.2) is 225 Å². The van der Waals surface area contributed by atoms with Gasteiger partial charge in [0, 0.05) is 130 Å². The molecule has 0 radical (unpaired) electrons. The Balaban J connectivity index is 0.0000147. The van der Waals surface area contributed by atoms with Gasteiger partial charge in [-0.1, -0.05) is 59.7 Å². The summed E-state index contributed by atoms with van der Waals surface area (Å²) in [6, 6.07) is -0.466. The molecule has 16 N–H and O–H groups in total. The van der Waals surface area contributed by atoms with Gasteiger partial charge in [0.05, 0.1) is 50.5 Å². The summed E-state index contributed by atoms with van der Waals surface area (Å²) in [7, 11) is 2.10. The molecule has 32 nitrogen and oxygen atoms in total. The minimum atomic E-state index is -1.95. The van der Waals surface area contributed by atoms with Crippen LogP contribution < -0.4 is 63.9 Å². The summed E-state index contributed by atoms with van der Waals surface area (Å²) in [6.45, 7) is 10.3. The molecule has 0 spiro atoms. The van der Waals surface area contributed by atoms with Crippen molar-refractivity contribution in [3.8, 4) is 11.5 Å². The molecule has 2 aliphatic heterocycles. The second kappa shape index (κ2) is 42.1. The molecule has 9 atom stereocenters. The Morgan fingerprint density at radius 3 is 1.80 bits per heavy atom. The van der Waals surface area contributed by atoms with E-state index in [1.807, 2.05) is 0 Å². The summed E-state index contributed by atoms with van der Waals surface area (Å²) in [6.07, 6.45) is -2.72. The molecule has 4 rings (SSSR count). The van der Waals surface area contributed by atoms with Crippen LogP contribution in [0.5, 0.6) is 11.5 Å². The van der Waals surface area contributed by atoms with Gasteiger partial charge >= 0.3 is 5.97 Å². The van der Waals surface area contributed by atoms with E-state index in [4.69, 9.17) is 0 Å². The number of carbonyl (C=O) groups excluding carboxylic acids is 13. The van der Waals surface area contributed by atoms with Gasteiger partial charge in [0.2, 0.25) is 65.0 Å². The molecule has 516 valence electrons. The molecular formula is C57H80Gd2N14O18S2-2. The maximum Gasteiger partial charge on any atom is 0.305 e. The van der Waals surface area contributed by atoms with E-state index in [1.54, 1.807) is 20.8 Å². The summed E-state index contributed by atoms with van der Waals surface area (Å²) in [5.41, 5.74) is 3.05. The molecule has 0 bridgehead atoms.